The highest BCUT2D eigenvalue weighted by Crippen LogP contribution is 2.32. The van der Waals surface area contributed by atoms with Crippen LogP contribution < -0.4 is 5.32 Å². The SMILES string of the molecule is CC[C@H](C(=O)NC[C@@]1(O)CCSC1)c1cccc(C(F)(F)F)c1. The molecule has 7 heteroatoms. The summed E-state index contributed by atoms with van der Waals surface area (Å²) in [6.07, 6.45) is -3.43. The van der Waals surface area contributed by atoms with Crippen molar-refractivity contribution >= 4 is 17.7 Å². The Balaban J connectivity index is 2.08. The Kier molecular flexibility index (Phi) is 5.62. The summed E-state index contributed by atoms with van der Waals surface area (Å²) in [6.45, 7) is 1.89. The Labute approximate surface area is 137 Å². The minimum atomic E-state index is -4.43. The summed E-state index contributed by atoms with van der Waals surface area (Å²) in [5, 5.41) is 12.9. The predicted octanol–water partition coefficient (Wildman–Crippen LogP) is 3.18. The molecule has 0 aromatic heterocycles. The lowest BCUT2D eigenvalue weighted by Gasteiger charge is -2.24. The molecule has 3 nitrogen and oxygen atoms in total. The number of aliphatic hydroxyl groups is 1. The van der Waals surface area contributed by atoms with Gasteiger partial charge >= 0.3 is 6.18 Å². The quantitative estimate of drug-likeness (QED) is 0.860. The van der Waals surface area contributed by atoms with Gasteiger partial charge in [-0.1, -0.05) is 25.1 Å². The average molecular weight is 347 g/mol. The smallest absolute Gasteiger partial charge is 0.387 e. The molecule has 0 unspecified atom stereocenters. The first kappa shape index (κ1) is 18.1. The Morgan fingerprint density at radius 3 is 2.78 bits per heavy atom. The molecule has 0 spiro atoms. The first-order chi connectivity index (χ1) is 10.7. The van der Waals surface area contributed by atoms with Crippen LogP contribution in [0.5, 0.6) is 0 Å². The summed E-state index contributed by atoms with van der Waals surface area (Å²) in [5.74, 6) is 0.400. The number of alkyl halides is 3. The molecule has 1 aliphatic rings. The Hall–Kier alpha value is -1.21. The molecule has 0 aliphatic carbocycles. The zero-order valence-electron chi connectivity index (χ0n) is 12.8. The van der Waals surface area contributed by atoms with Crippen LogP contribution in [-0.4, -0.2) is 34.7 Å². The molecule has 2 N–H and O–H groups in total. The Bertz CT molecular complexity index is 557. The van der Waals surface area contributed by atoms with Gasteiger partial charge in [0.05, 0.1) is 17.1 Å². The number of carbonyl (C=O) groups excluding carboxylic acids is 1. The van der Waals surface area contributed by atoms with Gasteiger partial charge in [0.15, 0.2) is 0 Å². The Morgan fingerprint density at radius 1 is 1.48 bits per heavy atom. The monoisotopic (exact) mass is 347 g/mol. The first-order valence-corrected chi connectivity index (χ1v) is 8.66. The maximum Gasteiger partial charge on any atom is 0.416 e. The van der Waals surface area contributed by atoms with E-state index in [0.29, 0.717) is 24.2 Å². The number of halogens is 3. The zero-order chi connectivity index (χ0) is 17.1. The van der Waals surface area contributed by atoms with Crippen LogP contribution in [0.4, 0.5) is 13.2 Å². The first-order valence-electron chi connectivity index (χ1n) is 7.50. The van der Waals surface area contributed by atoms with E-state index < -0.39 is 23.3 Å². The van der Waals surface area contributed by atoms with Gasteiger partial charge in [-0.3, -0.25) is 4.79 Å². The molecule has 1 aliphatic heterocycles. The van der Waals surface area contributed by atoms with Gasteiger partial charge in [0.1, 0.15) is 0 Å². The molecule has 1 aromatic rings. The standard InChI is InChI=1S/C16H20F3NO2S/c1-2-13(11-4-3-5-12(8-11)16(17,18)19)14(21)20-9-15(22)6-7-23-10-15/h3-5,8,13,22H,2,6-7,9-10H2,1H3,(H,20,21)/t13-,15-/m0/s1. The fourth-order valence-electron chi connectivity index (χ4n) is 2.61. The summed E-state index contributed by atoms with van der Waals surface area (Å²) in [5.41, 5.74) is -1.33. The summed E-state index contributed by atoms with van der Waals surface area (Å²) in [7, 11) is 0. The molecular weight excluding hydrogens is 327 g/mol. The van der Waals surface area contributed by atoms with Gasteiger partial charge < -0.3 is 10.4 Å². The molecule has 0 bridgehead atoms. The van der Waals surface area contributed by atoms with Gasteiger partial charge in [-0.15, -0.1) is 0 Å². The van der Waals surface area contributed by atoms with E-state index in [4.69, 9.17) is 0 Å². The van der Waals surface area contributed by atoms with Gasteiger partial charge in [-0.2, -0.15) is 24.9 Å². The minimum absolute atomic E-state index is 0.133. The molecule has 1 aromatic carbocycles. The summed E-state index contributed by atoms with van der Waals surface area (Å²) < 4.78 is 38.4. The fourth-order valence-corrected chi connectivity index (χ4v) is 3.91. The van der Waals surface area contributed by atoms with Gasteiger partial charge in [0.2, 0.25) is 5.91 Å². The van der Waals surface area contributed by atoms with E-state index >= 15 is 0 Å². The van der Waals surface area contributed by atoms with Crippen molar-refractivity contribution in [3.63, 3.8) is 0 Å². The minimum Gasteiger partial charge on any atom is -0.387 e. The molecule has 0 saturated carbocycles. The zero-order valence-corrected chi connectivity index (χ0v) is 13.6. The lowest BCUT2D eigenvalue weighted by Crippen LogP contribution is -2.44. The number of carbonyl (C=O) groups is 1. The van der Waals surface area contributed by atoms with Crippen LogP contribution in [0.15, 0.2) is 24.3 Å². The van der Waals surface area contributed by atoms with E-state index in [1.54, 1.807) is 18.7 Å². The van der Waals surface area contributed by atoms with E-state index in [-0.39, 0.29) is 12.5 Å². The van der Waals surface area contributed by atoms with Crippen LogP contribution in [0.3, 0.4) is 0 Å². The summed E-state index contributed by atoms with van der Waals surface area (Å²) >= 11 is 1.62. The van der Waals surface area contributed by atoms with Crippen molar-refractivity contribution in [3.05, 3.63) is 35.4 Å². The summed E-state index contributed by atoms with van der Waals surface area (Å²) in [6, 6.07) is 4.86. The van der Waals surface area contributed by atoms with Crippen molar-refractivity contribution < 1.29 is 23.1 Å². The maximum absolute atomic E-state index is 12.8. The van der Waals surface area contributed by atoms with Crippen LogP contribution in [0.1, 0.15) is 36.8 Å². The van der Waals surface area contributed by atoms with Crippen molar-refractivity contribution in [1.29, 1.82) is 0 Å². The topological polar surface area (TPSA) is 49.3 Å². The van der Waals surface area contributed by atoms with Crippen LogP contribution in [-0.2, 0) is 11.0 Å². The second kappa shape index (κ2) is 7.13. The molecule has 0 radical (unpaired) electrons. The van der Waals surface area contributed by atoms with E-state index in [1.165, 1.54) is 12.1 Å². The van der Waals surface area contributed by atoms with Crippen LogP contribution >= 0.6 is 11.8 Å². The number of nitrogens with one attached hydrogen (secondary N) is 1. The third-order valence-corrected chi connectivity index (χ3v) is 5.25. The van der Waals surface area contributed by atoms with Crippen molar-refractivity contribution in [2.75, 3.05) is 18.1 Å². The van der Waals surface area contributed by atoms with Crippen molar-refractivity contribution in [2.24, 2.45) is 0 Å². The number of hydrogen-bond donors (Lipinski definition) is 2. The molecule has 1 heterocycles. The van der Waals surface area contributed by atoms with Crippen LogP contribution in [0.2, 0.25) is 0 Å². The van der Waals surface area contributed by atoms with Crippen LogP contribution in [0.25, 0.3) is 0 Å². The molecular formula is C16H20F3NO2S. The van der Waals surface area contributed by atoms with Crippen molar-refractivity contribution in [1.82, 2.24) is 5.32 Å². The highest BCUT2D eigenvalue weighted by Gasteiger charge is 2.34. The number of amides is 1. The normalized spacial score (nSPS) is 22.8. The van der Waals surface area contributed by atoms with E-state index in [2.05, 4.69) is 5.32 Å². The van der Waals surface area contributed by atoms with Gasteiger partial charge in [0.25, 0.3) is 0 Å². The third kappa shape index (κ3) is 4.64. The second-order valence-corrected chi connectivity index (χ2v) is 6.93. The lowest BCUT2D eigenvalue weighted by atomic mass is 9.93. The molecule has 1 saturated heterocycles. The summed E-state index contributed by atoms with van der Waals surface area (Å²) in [4.78, 5) is 12.3. The van der Waals surface area contributed by atoms with Crippen LogP contribution in [0, 0.1) is 0 Å². The molecule has 2 atom stereocenters. The molecule has 1 amide bonds. The lowest BCUT2D eigenvalue weighted by molar-refractivity contribution is -0.137. The largest absolute Gasteiger partial charge is 0.416 e. The third-order valence-electron chi connectivity index (χ3n) is 4.02. The molecule has 1 fully saturated rings. The predicted molar refractivity (Wildman–Crippen MR) is 84.4 cm³/mol. The number of benzene rings is 1. The van der Waals surface area contributed by atoms with E-state index in [9.17, 15) is 23.1 Å². The van der Waals surface area contributed by atoms with E-state index in [0.717, 1.165) is 17.9 Å². The van der Waals surface area contributed by atoms with E-state index in [1.807, 2.05) is 0 Å². The van der Waals surface area contributed by atoms with Crippen molar-refractivity contribution in [2.45, 2.75) is 37.5 Å². The Morgan fingerprint density at radius 2 is 2.22 bits per heavy atom. The van der Waals surface area contributed by atoms with Gasteiger partial charge in [-0.05, 0) is 30.2 Å². The highest BCUT2D eigenvalue weighted by atomic mass is 32.2. The maximum atomic E-state index is 12.8. The van der Waals surface area contributed by atoms with Crippen molar-refractivity contribution in [3.8, 4) is 0 Å². The average Bonchev–Trinajstić information content (AvgIpc) is 2.93. The molecule has 2 rings (SSSR count). The number of thioether (sulfide) groups is 1. The van der Waals surface area contributed by atoms with Gasteiger partial charge in [0, 0.05) is 12.3 Å². The fraction of sp³-hybridized carbons (Fsp3) is 0.562. The molecule has 23 heavy (non-hydrogen) atoms. The number of hydrogen-bond acceptors (Lipinski definition) is 3. The van der Waals surface area contributed by atoms with Gasteiger partial charge in [-0.25, -0.2) is 0 Å². The second-order valence-electron chi connectivity index (χ2n) is 5.83. The molecule has 128 valence electrons. The highest BCUT2D eigenvalue weighted by molar-refractivity contribution is 7.99. The number of rotatable bonds is 5.